The fraction of sp³-hybridized carbons (Fsp3) is 0.571. The summed E-state index contributed by atoms with van der Waals surface area (Å²) in [6, 6.07) is 0.0942. The largest absolute Gasteiger partial charge is 0.500 e. The summed E-state index contributed by atoms with van der Waals surface area (Å²) in [5, 5.41) is 4.15. The smallest absolute Gasteiger partial charge is 0.333 e. The number of hydrogen-bond donors (Lipinski definition) is 0. The monoisotopic (exact) mass is 454 g/mol. The van der Waals surface area contributed by atoms with E-state index in [0.717, 1.165) is 21.5 Å². The summed E-state index contributed by atoms with van der Waals surface area (Å²) in [7, 11) is 6.19. The van der Waals surface area contributed by atoms with Crippen LogP contribution >= 0.6 is 23.1 Å². The fourth-order valence-electron chi connectivity index (χ4n) is 3.00. The minimum absolute atomic E-state index is 0.0942. The van der Waals surface area contributed by atoms with E-state index in [2.05, 4.69) is 11.7 Å². The third-order valence-corrected chi connectivity index (χ3v) is 6.95. The van der Waals surface area contributed by atoms with E-state index < -0.39 is 5.97 Å². The molecule has 2 rings (SSSR count). The first-order valence-corrected chi connectivity index (χ1v) is 11.5. The van der Waals surface area contributed by atoms with E-state index in [1.807, 2.05) is 24.5 Å². The predicted octanol–water partition coefficient (Wildman–Crippen LogP) is 3.98. The second kappa shape index (κ2) is 12.2. The number of methoxy groups -OCH3 is 4. The van der Waals surface area contributed by atoms with Crippen LogP contribution in [0.25, 0.3) is 6.08 Å². The maximum Gasteiger partial charge on any atom is 0.333 e. The third kappa shape index (κ3) is 6.66. The first-order chi connectivity index (χ1) is 14.4. The van der Waals surface area contributed by atoms with E-state index in [1.54, 1.807) is 37.3 Å². The molecule has 0 fully saturated rings. The molecule has 0 aliphatic carbocycles. The summed E-state index contributed by atoms with van der Waals surface area (Å²) in [5.74, 6) is 1.08. The Balaban J connectivity index is 2.07. The molecule has 0 saturated carbocycles. The number of aliphatic imine (C=N–C) groups is 1. The Morgan fingerprint density at radius 1 is 1.27 bits per heavy atom. The number of carbonyl (C=O) groups excluding carboxylic acids is 1. The molecule has 1 aromatic heterocycles. The van der Waals surface area contributed by atoms with Gasteiger partial charge in [-0.05, 0) is 6.08 Å². The van der Waals surface area contributed by atoms with Gasteiger partial charge in [0.05, 0.1) is 43.7 Å². The minimum Gasteiger partial charge on any atom is -0.500 e. The molecule has 2 heterocycles. The van der Waals surface area contributed by atoms with E-state index in [-0.39, 0.29) is 18.1 Å². The van der Waals surface area contributed by atoms with Gasteiger partial charge in [0.1, 0.15) is 16.8 Å². The Bertz CT molecular complexity index is 790. The lowest BCUT2D eigenvalue weighted by Crippen LogP contribution is -2.21. The van der Waals surface area contributed by atoms with Crippen LogP contribution in [-0.4, -0.2) is 62.9 Å². The van der Waals surface area contributed by atoms with Gasteiger partial charge in [-0.25, -0.2) is 9.78 Å². The van der Waals surface area contributed by atoms with Gasteiger partial charge >= 0.3 is 5.97 Å². The Kier molecular flexibility index (Phi) is 10.0. The highest BCUT2D eigenvalue weighted by Gasteiger charge is 2.26. The molecule has 0 spiro atoms. The highest BCUT2D eigenvalue weighted by Crippen LogP contribution is 2.34. The van der Waals surface area contributed by atoms with E-state index in [1.165, 1.54) is 20.3 Å². The zero-order chi connectivity index (χ0) is 22.1. The molecule has 0 bridgehead atoms. The van der Waals surface area contributed by atoms with Crippen molar-refractivity contribution >= 4 is 40.2 Å². The van der Waals surface area contributed by atoms with E-state index in [4.69, 9.17) is 24.2 Å². The van der Waals surface area contributed by atoms with Crippen LogP contribution in [-0.2, 0) is 23.7 Å². The number of aromatic nitrogens is 1. The molecule has 1 aromatic rings. The number of thiazole rings is 1. The molecular formula is C21H30N2O5S2. The maximum absolute atomic E-state index is 11.5. The van der Waals surface area contributed by atoms with Gasteiger partial charge in [-0.2, -0.15) is 0 Å². The molecule has 0 N–H and O–H groups in total. The molecular weight excluding hydrogens is 424 g/mol. The highest BCUT2D eigenvalue weighted by molar-refractivity contribution is 8.14. The first-order valence-electron chi connectivity index (χ1n) is 9.62. The van der Waals surface area contributed by atoms with Crippen molar-refractivity contribution in [2.45, 2.75) is 26.0 Å². The van der Waals surface area contributed by atoms with Crippen LogP contribution in [0.3, 0.4) is 0 Å². The maximum atomic E-state index is 11.5. The van der Waals surface area contributed by atoms with Crippen molar-refractivity contribution < 1.29 is 23.7 Å². The van der Waals surface area contributed by atoms with Gasteiger partial charge in [0.25, 0.3) is 0 Å². The van der Waals surface area contributed by atoms with E-state index >= 15 is 0 Å². The number of hydrogen-bond acceptors (Lipinski definition) is 9. The number of esters is 1. The molecule has 1 aliphatic heterocycles. The Morgan fingerprint density at radius 2 is 2.03 bits per heavy atom. The molecule has 4 atom stereocenters. The quantitative estimate of drug-likeness (QED) is 0.284. The molecule has 166 valence electrons. The second-order valence-electron chi connectivity index (χ2n) is 6.88. The van der Waals surface area contributed by atoms with Crippen LogP contribution in [0.5, 0.6) is 0 Å². The van der Waals surface area contributed by atoms with Crippen molar-refractivity contribution in [1.29, 1.82) is 0 Å². The van der Waals surface area contributed by atoms with Gasteiger partial charge in [-0.15, -0.1) is 23.1 Å². The van der Waals surface area contributed by atoms with Crippen LogP contribution in [0.15, 0.2) is 28.3 Å². The molecule has 1 aliphatic rings. The van der Waals surface area contributed by atoms with Crippen LogP contribution in [0.2, 0.25) is 0 Å². The summed E-state index contributed by atoms with van der Waals surface area (Å²) in [6.07, 6.45) is 4.90. The summed E-state index contributed by atoms with van der Waals surface area (Å²) in [6.45, 7) is 4.73. The summed E-state index contributed by atoms with van der Waals surface area (Å²) < 4.78 is 20.8. The van der Waals surface area contributed by atoms with Gasteiger partial charge in [-0.3, -0.25) is 4.99 Å². The second-order valence-corrected chi connectivity index (χ2v) is 8.81. The predicted molar refractivity (Wildman–Crippen MR) is 122 cm³/mol. The summed E-state index contributed by atoms with van der Waals surface area (Å²) >= 11 is 3.39. The average Bonchev–Trinajstić information content (AvgIpc) is 3.41. The average molecular weight is 455 g/mol. The molecule has 7 nitrogen and oxygen atoms in total. The molecule has 9 heteroatoms. The van der Waals surface area contributed by atoms with Crippen LogP contribution in [0.4, 0.5) is 0 Å². The topological polar surface area (TPSA) is 79.2 Å². The molecule has 0 unspecified atom stereocenters. The third-order valence-electron chi connectivity index (χ3n) is 4.70. The van der Waals surface area contributed by atoms with Gasteiger partial charge in [0.15, 0.2) is 0 Å². The summed E-state index contributed by atoms with van der Waals surface area (Å²) in [5.41, 5.74) is 0.860. The van der Waals surface area contributed by atoms with Gasteiger partial charge in [0.2, 0.25) is 0 Å². The van der Waals surface area contributed by atoms with E-state index in [0.29, 0.717) is 18.3 Å². The Hall–Kier alpha value is -1.68. The van der Waals surface area contributed by atoms with Crippen molar-refractivity contribution in [2.24, 2.45) is 16.8 Å². The van der Waals surface area contributed by atoms with Gasteiger partial charge < -0.3 is 18.9 Å². The number of nitrogens with zero attached hydrogens (tertiary/aromatic N) is 2. The van der Waals surface area contributed by atoms with Crippen molar-refractivity contribution in [3.05, 3.63) is 34.0 Å². The lowest BCUT2D eigenvalue weighted by Gasteiger charge is -2.21. The fourth-order valence-corrected chi connectivity index (χ4v) is 5.04. The Labute approximate surface area is 186 Å². The molecule has 30 heavy (non-hydrogen) atoms. The molecule has 0 amide bonds. The lowest BCUT2D eigenvalue weighted by atomic mass is 10.0. The molecule has 0 saturated heterocycles. The normalized spacial score (nSPS) is 20.1. The van der Waals surface area contributed by atoms with Gasteiger partial charge in [-0.1, -0.05) is 19.9 Å². The van der Waals surface area contributed by atoms with Crippen molar-refractivity contribution in [1.82, 2.24) is 4.98 Å². The van der Waals surface area contributed by atoms with Crippen molar-refractivity contribution in [2.75, 3.05) is 40.8 Å². The van der Waals surface area contributed by atoms with Crippen molar-refractivity contribution in [3.8, 4) is 0 Å². The standard InChI is InChI=1S/C21H30N2O5S2/c1-13(10-25-3)20-23-16(12-30-20)21-22-15(11-29-21)7-8-17(26-4)14(2)18(27-5)9-19(24)28-6/h7-9,11,13-14,16-17H,10,12H2,1-6H3/b8-7+,18-9+/t13-,14+,16+,17-/m1/s1. The SMILES string of the molecule is COC[C@@H](C)C1=N[C@H](c2nc(/C=C/[C@@H](OC)[C@H](C)/C(=C\C(=O)OC)OC)cs2)CS1. The lowest BCUT2D eigenvalue weighted by molar-refractivity contribution is -0.135. The number of ether oxygens (including phenoxy) is 4. The number of thioether (sulfide) groups is 1. The number of rotatable bonds is 11. The van der Waals surface area contributed by atoms with Crippen LogP contribution in [0, 0.1) is 11.8 Å². The summed E-state index contributed by atoms with van der Waals surface area (Å²) in [4.78, 5) is 21.1. The molecule has 0 aromatic carbocycles. The van der Waals surface area contributed by atoms with Gasteiger partial charge in [0, 0.05) is 37.2 Å². The zero-order valence-corrected chi connectivity index (χ0v) is 19.9. The zero-order valence-electron chi connectivity index (χ0n) is 18.3. The number of carbonyl (C=O) groups is 1. The highest BCUT2D eigenvalue weighted by atomic mass is 32.2. The Morgan fingerprint density at radius 3 is 2.67 bits per heavy atom. The minimum atomic E-state index is -0.462. The first kappa shape index (κ1) is 24.6. The molecule has 0 radical (unpaired) electrons. The van der Waals surface area contributed by atoms with Crippen LogP contribution in [0.1, 0.15) is 30.6 Å². The van der Waals surface area contributed by atoms with Crippen molar-refractivity contribution in [3.63, 3.8) is 0 Å². The van der Waals surface area contributed by atoms with E-state index in [9.17, 15) is 4.79 Å². The van der Waals surface area contributed by atoms with Crippen LogP contribution < -0.4 is 0 Å².